The highest BCUT2D eigenvalue weighted by atomic mass is 32.2. The van der Waals surface area contributed by atoms with Gasteiger partial charge < -0.3 is 25.3 Å². The van der Waals surface area contributed by atoms with Crippen LogP contribution in [0.1, 0.15) is 41.9 Å². The van der Waals surface area contributed by atoms with Crippen LogP contribution in [-0.4, -0.2) is 56.2 Å². The number of H-pyrrole nitrogens is 1. The number of hydrogen-bond acceptors (Lipinski definition) is 5. The highest BCUT2D eigenvalue weighted by molar-refractivity contribution is 7.85. The van der Waals surface area contributed by atoms with Gasteiger partial charge in [0.1, 0.15) is 28.1 Å². The first kappa shape index (κ1) is 24.3. The summed E-state index contributed by atoms with van der Waals surface area (Å²) in [5.41, 5.74) is 7.18. The van der Waals surface area contributed by atoms with Crippen LogP contribution in [0.15, 0.2) is 36.4 Å². The zero-order chi connectivity index (χ0) is 25.8. The van der Waals surface area contributed by atoms with Crippen molar-refractivity contribution in [3.05, 3.63) is 53.5 Å². The highest BCUT2D eigenvalue weighted by Crippen LogP contribution is 2.47. The maximum Gasteiger partial charge on any atom is 0.411 e. The summed E-state index contributed by atoms with van der Waals surface area (Å²) in [6, 6.07) is 9.21. The zero-order valence-corrected chi connectivity index (χ0v) is 20.7. The number of nitrogens with one attached hydrogen (secondary N) is 2. The van der Waals surface area contributed by atoms with E-state index in [1.54, 1.807) is 23.1 Å². The van der Waals surface area contributed by atoms with Gasteiger partial charge >= 0.3 is 12.1 Å². The summed E-state index contributed by atoms with van der Waals surface area (Å²) in [6.07, 6.45) is 2.46. The smallest absolute Gasteiger partial charge is 0.411 e. The molecule has 1 saturated carbocycles. The number of rotatable bonds is 7. The first-order valence-corrected chi connectivity index (χ1v) is 13.2. The van der Waals surface area contributed by atoms with Crippen LogP contribution in [-0.2, 0) is 15.7 Å². The number of aromatic amines is 1. The van der Waals surface area contributed by atoms with Crippen molar-refractivity contribution in [2.75, 3.05) is 24.1 Å². The van der Waals surface area contributed by atoms with E-state index in [1.165, 1.54) is 18.4 Å². The number of amides is 1. The average molecular weight is 515 g/mol. The molecule has 2 aromatic carbocycles. The van der Waals surface area contributed by atoms with E-state index >= 15 is 0 Å². The van der Waals surface area contributed by atoms with Gasteiger partial charge in [-0.2, -0.15) is 0 Å². The molecule has 2 atom stereocenters. The van der Waals surface area contributed by atoms with Crippen LogP contribution in [0.3, 0.4) is 0 Å². The molecule has 2 aliphatic rings. The molecule has 3 aromatic rings. The van der Waals surface area contributed by atoms with Crippen molar-refractivity contribution >= 4 is 39.6 Å². The molecule has 1 spiro atoms. The number of carbonyl (C=O) groups excluding carboxylic acids is 1. The lowest BCUT2D eigenvalue weighted by Gasteiger charge is -2.42. The molecule has 190 valence electrons. The van der Waals surface area contributed by atoms with Crippen molar-refractivity contribution in [1.29, 1.82) is 0 Å². The number of carboxylic acids is 1. The number of aromatic carboxylic acids is 1. The lowest BCUT2D eigenvalue weighted by Crippen LogP contribution is -2.49. The molecule has 1 aromatic heterocycles. The van der Waals surface area contributed by atoms with E-state index < -0.39 is 40.5 Å². The van der Waals surface area contributed by atoms with Gasteiger partial charge in [-0.05, 0) is 55.5 Å². The minimum Gasteiger partial charge on any atom is -0.477 e. The van der Waals surface area contributed by atoms with Crippen LogP contribution in [0.2, 0.25) is 0 Å². The SMILES string of the molecule is C[C@@H](c1cccc2c(-c3ccc(NS(C)=O)c(F)c3)c(C(=O)O)[nH]c12)N1CC2(CC(CN)C2)OC1=O. The largest absolute Gasteiger partial charge is 0.477 e. The van der Waals surface area contributed by atoms with Crippen LogP contribution in [0.25, 0.3) is 22.0 Å². The van der Waals surface area contributed by atoms with E-state index in [0.29, 0.717) is 41.0 Å². The number of ether oxygens (including phenoxy) is 1. The molecule has 0 radical (unpaired) electrons. The normalized spacial score (nSPS) is 22.9. The second-order valence-corrected chi connectivity index (χ2v) is 10.7. The maximum absolute atomic E-state index is 14.7. The Kier molecular flexibility index (Phi) is 6.00. The lowest BCUT2D eigenvalue weighted by atomic mass is 9.71. The molecule has 1 saturated heterocycles. The summed E-state index contributed by atoms with van der Waals surface area (Å²) < 4.78 is 34.4. The average Bonchev–Trinajstić information content (AvgIpc) is 3.37. The molecule has 0 bridgehead atoms. The Hall–Kier alpha value is -3.44. The molecule has 2 heterocycles. The van der Waals surface area contributed by atoms with Gasteiger partial charge in [0.05, 0.1) is 23.8 Å². The third-order valence-corrected chi connectivity index (χ3v) is 7.67. The van der Waals surface area contributed by atoms with E-state index in [-0.39, 0.29) is 11.4 Å². The molecule has 5 rings (SSSR count). The molecule has 1 aliphatic carbocycles. The predicted octanol–water partition coefficient (Wildman–Crippen LogP) is 4.00. The molecule has 5 N–H and O–H groups in total. The number of nitrogens with zero attached hydrogens (tertiary/aromatic N) is 1. The molecule has 1 aliphatic heterocycles. The van der Waals surface area contributed by atoms with Gasteiger partial charge in [-0.25, -0.2) is 18.2 Å². The fraction of sp³-hybridized carbons (Fsp3) is 0.360. The number of carbonyl (C=O) groups is 2. The van der Waals surface area contributed by atoms with Gasteiger partial charge in [-0.3, -0.25) is 4.90 Å². The number of fused-ring (bicyclic) bond motifs is 1. The van der Waals surface area contributed by atoms with E-state index in [9.17, 15) is 23.3 Å². The number of anilines is 1. The van der Waals surface area contributed by atoms with Crippen LogP contribution in [0.4, 0.5) is 14.9 Å². The third-order valence-electron chi connectivity index (χ3n) is 7.16. The second kappa shape index (κ2) is 8.90. The van der Waals surface area contributed by atoms with Crippen molar-refractivity contribution < 1.29 is 28.0 Å². The number of halogens is 1. The van der Waals surface area contributed by atoms with E-state index in [4.69, 9.17) is 10.5 Å². The number of nitrogens with two attached hydrogens (primary N) is 1. The summed E-state index contributed by atoms with van der Waals surface area (Å²) in [4.78, 5) is 29.6. The lowest BCUT2D eigenvalue weighted by molar-refractivity contribution is -0.0439. The minimum atomic E-state index is -1.46. The van der Waals surface area contributed by atoms with Crippen molar-refractivity contribution in [3.63, 3.8) is 0 Å². The maximum atomic E-state index is 14.7. The Bertz CT molecular complexity index is 1400. The molecule has 9 nitrogen and oxygen atoms in total. The third kappa shape index (κ3) is 4.01. The topological polar surface area (TPSA) is 138 Å². The summed E-state index contributed by atoms with van der Waals surface area (Å²) >= 11 is 0. The van der Waals surface area contributed by atoms with Gasteiger partial charge in [-0.1, -0.05) is 24.3 Å². The molecule has 1 unspecified atom stereocenters. The van der Waals surface area contributed by atoms with E-state index in [0.717, 1.165) is 18.4 Å². The molecular weight excluding hydrogens is 487 g/mol. The van der Waals surface area contributed by atoms with Gasteiger partial charge in [0.2, 0.25) is 0 Å². The Morgan fingerprint density at radius 2 is 2.14 bits per heavy atom. The zero-order valence-electron chi connectivity index (χ0n) is 19.8. The van der Waals surface area contributed by atoms with Gasteiger partial charge in [-0.15, -0.1) is 0 Å². The van der Waals surface area contributed by atoms with Crippen molar-refractivity contribution in [2.24, 2.45) is 11.7 Å². The highest BCUT2D eigenvalue weighted by Gasteiger charge is 2.54. The van der Waals surface area contributed by atoms with Crippen LogP contribution in [0.5, 0.6) is 0 Å². The fourth-order valence-electron chi connectivity index (χ4n) is 5.44. The quantitative estimate of drug-likeness (QED) is 0.376. The minimum absolute atomic E-state index is 0.0555. The first-order chi connectivity index (χ1) is 17.1. The summed E-state index contributed by atoms with van der Waals surface area (Å²) in [5.74, 6) is -1.50. The number of carboxylic acid groups (broad SMARTS) is 1. The number of aromatic nitrogens is 1. The van der Waals surface area contributed by atoms with Gasteiger partial charge in [0.15, 0.2) is 0 Å². The fourth-order valence-corrected chi connectivity index (χ4v) is 5.92. The van der Waals surface area contributed by atoms with Crippen LogP contribution >= 0.6 is 0 Å². The number of benzene rings is 2. The van der Waals surface area contributed by atoms with Crippen molar-refractivity contribution in [2.45, 2.75) is 31.4 Å². The van der Waals surface area contributed by atoms with Gasteiger partial charge in [0, 0.05) is 17.2 Å². The standard InChI is InChI=1S/C25H27FN4O5S/c1-13(30-12-25(35-24(30)33)9-14(10-25)11-27)16-4-3-5-17-20(22(23(31)32)28-21(16)17)15-6-7-19(18(26)8-15)29-36(2)34/h3-8,13-14,28-29H,9-12,27H2,1-2H3,(H,31,32)/t13-,14?,25?,36?/m0/s1. The number of hydrogen-bond donors (Lipinski definition) is 4. The van der Waals surface area contributed by atoms with Crippen LogP contribution < -0.4 is 10.5 Å². The molecular formula is C25H27FN4O5S. The Morgan fingerprint density at radius 1 is 1.39 bits per heavy atom. The summed E-state index contributed by atoms with van der Waals surface area (Å²) in [5, 5.41) is 10.5. The molecule has 1 amide bonds. The monoisotopic (exact) mass is 514 g/mol. The van der Waals surface area contributed by atoms with Crippen LogP contribution in [0, 0.1) is 11.7 Å². The molecule has 2 fully saturated rings. The Labute approximate surface area is 209 Å². The predicted molar refractivity (Wildman–Crippen MR) is 134 cm³/mol. The Balaban J connectivity index is 1.55. The van der Waals surface area contributed by atoms with E-state index in [1.807, 2.05) is 13.0 Å². The molecule has 36 heavy (non-hydrogen) atoms. The number of para-hydroxylation sites is 1. The first-order valence-electron chi connectivity index (χ1n) is 11.6. The van der Waals surface area contributed by atoms with Crippen molar-refractivity contribution in [1.82, 2.24) is 9.88 Å². The van der Waals surface area contributed by atoms with Crippen molar-refractivity contribution in [3.8, 4) is 11.1 Å². The molecule has 11 heteroatoms. The van der Waals surface area contributed by atoms with Gasteiger partial charge in [0.25, 0.3) is 0 Å². The van der Waals surface area contributed by atoms with E-state index in [2.05, 4.69) is 9.71 Å². The second-order valence-electron chi connectivity index (χ2n) is 9.57. The summed E-state index contributed by atoms with van der Waals surface area (Å²) in [6.45, 7) is 2.88. The Morgan fingerprint density at radius 3 is 2.78 bits per heavy atom. The summed E-state index contributed by atoms with van der Waals surface area (Å²) in [7, 11) is -1.46.